The number of methoxy groups -OCH3 is 2. The van der Waals surface area contributed by atoms with Gasteiger partial charge in [0.1, 0.15) is 5.75 Å². The van der Waals surface area contributed by atoms with Crippen LogP contribution in [0.1, 0.15) is 25.7 Å². The zero-order valence-corrected chi connectivity index (χ0v) is 19.0. The lowest BCUT2D eigenvalue weighted by Crippen LogP contribution is -2.52. The second-order valence-electron chi connectivity index (χ2n) is 8.76. The topological polar surface area (TPSA) is 114 Å². The van der Waals surface area contributed by atoms with Crippen LogP contribution < -0.4 is 16.0 Å². The Kier molecular flexibility index (Phi) is 6.71. The van der Waals surface area contributed by atoms with Crippen LogP contribution in [0.5, 0.6) is 5.75 Å². The first-order valence-corrected chi connectivity index (χ1v) is 11.3. The molecule has 178 valence electrons. The molecule has 4 rings (SSSR count). The van der Waals surface area contributed by atoms with Crippen molar-refractivity contribution >= 4 is 22.9 Å². The molecule has 2 aliphatic rings. The third kappa shape index (κ3) is 4.74. The van der Waals surface area contributed by atoms with E-state index in [-0.39, 0.29) is 29.4 Å². The minimum atomic E-state index is -0.417. The molecule has 2 amide bonds. The van der Waals surface area contributed by atoms with Gasteiger partial charge in [0, 0.05) is 38.6 Å². The molecule has 1 aliphatic carbocycles. The van der Waals surface area contributed by atoms with Gasteiger partial charge in [-0.15, -0.1) is 0 Å². The molecule has 10 nitrogen and oxygen atoms in total. The standard InChI is InChI=1S/C23H30N4O6/c1-32-17-7-8-19-18(13-17)21(29)27(22(30)24-19)14-15-3-5-16(6-4-15)20(28)25-9-11-26(12-10-25)23(31)33-2/h7-8,13,15-16H,3-6,9-12,14H2,1-2H3,(H,24,30). The van der Waals surface area contributed by atoms with E-state index in [1.54, 1.807) is 23.1 Å². The van der Waals surface area contributed by atoms with E-state index in [1.165, 1.54) is 18.8 Å². The number of ether oxygens (including phenoxy) is 2. The molecule has 0 bridgehead atoms. The van der Waals surface area contributed by atoms with Crippen molar-refractivity contribution in [2.75, 3.05) is 40.4 Å². The highest BCUT2D eigenvalue weighted by Crippen LogP contribution is 2.31. The van der Waals surface area contributed by atoms with E-state index in [0.29, 0.717) is 49.4 Å². The van der Waals surface area contributed by atoms with Crippen molar-refractivity contribution in [1.29, 1.82) is 0 Å². The molecule has 1 aliphatic heterocycles. The van der Waals surface area contributed by atoms with Crippen LogP contribution in [0.4, 0.5) is 4.79 Å². The zero-order valence-electron chi connectivity index (χ0n) is 19.0. The minimum Gasteiger partial charge on any atom is -0.497 e. The van der Waals surface area contributed by atoms with Gasteiger partial charge in [0.05, 0.1) is 25.1 Å². The molecule has 0 spiro atoms. The number of fused-ring (bicyclic) bond motifs is 1. The van der Waals surface area contributed by atoms with Crippen molar-refractivity contribution in [3.05, 3.63) is 39.0 Å². The summed E-state index contributed by atoms with van der Waals surface area (Å²) in [6.45, 7) is 2.32. The van der Waals surface area contributed by atoms with Gasteiger partial charge in [-0.3, -0.25) is 14.2 Å². The number of amides is 2. The average molecular weight is 459 g/mol. The maximum atomic E-state index is 13.0. The lowest BCUT2D eigenvalue weighted by Gasteiger charge is -2.37. The smallest absolute Gasteiger partial charge is 0.409 e. The van der Waals surface area contributed by atoms with Crippen molar-refractivity contribution < 1.29 is 19.1 Å². The predicted octanol–water partition coefficient (Wildman–Crippen LogP) is 1.42. The number of hydrogen-bond donors (Lipinski definition) is 1. The van der Waals surface area contributed by atoms with E-state index in [0.717, 1.165) is 25.7 Å². The summed E-state index contributed by atoms with van der Waals surface area (Å²) in [4.78, 5) is 56.3. The third-order valence-electron chi connectivity index (χ3n) is 6.85. The number of hydrogen-bond acceptors (Lipinski definition) is 6. The molecule has 0 atom stereocenters. The first kappa shape index (κ1) is 22.9. The Bertz CT molecular complexity index is 1140. The first-order valence-electron chi connectivity index (χ1n) is 11.3. The summed E-state index contributed by atoms with van der Waals surface area (Å²) in [7, 11) is 2.89. The van der Waals surface area contributed by atoms with Gasteiger partial charge in [0.15, 0.2) is 0 Å². The molecule has 1 aromatic heterocycles. The van der Waals surface area contributed by atoms with Crippen LogP contribution in [0.25, 0.3) is 10.9 Å². The van der Waals surface area contributed by atoms with Gasteiger partial charge >= 0.3 is 11.8 Å². The molecular weight excluding hydrogens is 428 g/mol. The maximum absolute atomic E-state index is 13.0. The van der Waals surface area contributed by atoms with Crippen LogP contribution in [0.3, 0.4) is 0 Å². The highest BCUT2D eigenvalue weighted by molar-refractivity contribution is 5.80. The average Bonchev–Trinajstić information content (AvgIpc) is 2.86. The molecule has 1 saturated carbocycles. The summed E-state index contributed by atoms with van der Waals surface area (Å²) >= 11 is 0. The van der Waals surface area contributed by atoms with Crippen LogP contribution in [-0.2, 0) is 16.1 Å². The molecule has 0 radical (unpaired) electrons. The van der Waals surface area contributed by atoms with Crippen LogP contribution in [0, 0.1) is 11.8 Å². The maximum Gasteiger partial charge on any atom is 0.409 e. The largest absolute Gasteiger partial charge is 0.497 e. The molecule has 2 aromatic rings. The summed E-state index contributed by atoms with van der Waals surface area (Å²) in [5, 5.41) is 0.420. The van der Waals surface area contributed by atoms with Crippen LogP contribution >= 0.6 is 0 Å². The van der Waals surface area contributed by atoms with E-state index in [4.69, 9.17) is 9.47 Å². The molecular formula is C23H30N4O6. The normalized spacial score (nSPS) is 21.2. The summed E-state index contributed by atoms with van der Waals surface area (Å²) in [6.07, 6.45) is 2.66. The number of nitrogens with zero attached hydrogens (tertiary/aromatic N) is 3. The molecule has 33 heavy (non-hydrogen) atoms. The number of benzene rings is 1. The first-order chi connectivity index (χ1) is 15.9. The van der Waals surface area contributed by atoms with Crippen molar-refractivity contribution in [3.8, 4) is 5.75 Å². The number of carbonyl (C=O) groups is 2. The van der Waals surface area contributed by atoms with Gasteiger partial charge in [-0.05, 0) is 49.8 Å². The van der Waals surface area contributed by atoms with Crippen molar-refractivity contribution in [1.82, 2.24) is 19.4 Å². The van der Waals surface area contributed by atoms with Crippen LogP contribution in [0.15, 0.2) is 27.8 Å². The molecule has 1 aromatic carbocycles. The summed E-state index contributed by atoms with van der Waals surface area (Å²) < 4.78 is 11.2. The highest BCUT2D eigenvalue weighted by atomic mass is 16.5. The minimum absolute atomic E-state index is 0.0539. The summed E-state index contributed by atoms with van der Waals surface area (Å²) in [5.74, 6) is 0.796. The third-order valence-corrected chi connectivity index (χ3v) is 6.85. The summed E-state index contributed by atoms with van der Waals surface area (Å²) in [6, 6.07) is 5.01. The van der Waals surface area contributed by atoms with E-state index in [1.807, 2.05) is 4.90 Å². The van der Waals surface area contributed by atoms with Gasteiger partial charge in [-0.1, -0.05) is 0 Å². The number of aromatic nitrogens is 2. The van der Waals surface area contributed by atoms with Crippen LogP contribution in [-0.4, -0.2) is 71.7 Å². The van der Waals surface area contributed by atoms with E-state index in [9.17, 15) is 19.2 Å². The van der Waals surface area contributed by atoms with E-state index in [2.05, 4.69) is 4.98 Å². The highest BCUT2D eigenvalue weighted by Gasteiger charge is 2.32. The summed E-state index contributed by atoms with van der Waals surface area (Å²) in [5.41, 5.74) is -0.252. The predicted molar refractivity (Wildman–Crippen MR) is 121 cm³/mol. The van der Waals surface area contributed by atoms with Gasteiger partial charge in [-0.2, -0.15) is 0 Å². The second-order valence-corrected chi connectivity index (χ2v) is 8.76. The van der Waals surface area contributed by atoms with Crippen molar-refractivity contribution in [2.45, 2.75) is 32.2 Å². The fourth-order valence-electron chi connectivity index (χ4n) is 4.87. The number of aromatic amines is 1. The molecule has 10 heteroatoms. The Morgan fingerprint density at radius 1 is 1.00 bits per heavy atom. The Morgan fingerprint density at radius 2 is 1.67 bits per heavy atom. The number of rotatable bonds is 4. The Balaban J connectivity index is 1.36. The van der Waals surface area contributed by atoms with Gasteiger partial charge < -0.3 is 24.3 Å². The van der Waals surface area contributed by atoms with E-state index < -0.39 is 5.69 Å². The lowest BCUT2D eigenvalue weighted by atomic mass is 9.81. The van der Waals surface area contributed by atoms with Gasteiger partial charge in [-0.25, -0.2) is 9.59 Å². The fourth-order valence-corrected chi connectivity index (χ4v) is 4.87. The molecule has 2 fully saturated rings. The lowest BCUT2D eigenvalue weighted by molar-refractivity contribution is -0.138. The molecule has 1 saturated heterocycles. The van der Waals surface area contributed by atoms with Crippen molar-refractivity contribution in [2.24, 2.45) is 11.8 Å². The van der Waals surface area contributed by atoms with Gasteiger partial charge in [0.25, 0.3) is 5.56 Å². The number of piperazine rings is 1. The quantitative estimate of drug-likeness (QED) is 0.741. The Morgan fingerprint density at radius 3 is 2.30 bits per heavy atom. The van der Waals surface area contributed by atoms with Gasteiger partial charge in [0.2, 0.25) is 5.91 Å². The number of H-pyrrole nitrogens is 1. The molecule has 2 heterocycles. The Labute approximate surface area is 191 Å². The molecule has 0 unspecified atom stereocenters. The SMILES string of the molecule is COC(=O)N1CCN(C(=O)C2CCC(Cn3c(=O)[nH]c4ccc(OC)cc4c3=O)CC2)CC1. The van der Waals surface area contributed by atoms with Crippen molar-refractivity contribution in [3.63, 3.8) is 0 Å². The molecule has 1 N–H and O–H groups in total. The number of nitrogens with one attached hydrogen (secondary N) is 1. The second kappa shape index (κ2) is 9.68. The fraction of sp³-hybridized carbons (Fsp3) is 0.565. The Hall–Kier alpha value is -3.30. The zero-order chi connectivity index (χ0) is 23.5. The monoisotopic (exact) mass is 458 g/mol. The van der Waals surface area contributed by atoms with Crippen LogP contribution in [0.2, 0.25) is 0 Å². The number of carbonyl (C=O) groups excluding carboxylic acids is 2. The van der Waals surface area contributed by atoms with E-state index >= 15 is 0 Å².